The van der Waals surface area contributed by atoms with Crippen LogP contribution in [-0.4, -0.2) is 25.1 Å². The fourth-order valence-electron chi connectivity index (χ4n) is 0.987. The fraction of sp³-hybridized carbons (Fsp3) is 0.875. The maximum Gasteiger partial charge on any atom is 0.197 e. The van der Waals surface area contributed by atoms with Gasteiger partial charge in [-0.05, 0) is 0 Å². The van der Waals surface area contributed by atoms with Crippen molar-refractivity contribution in [3.8, 4) is 0 Å². The number of aliphatic imine (C=N–C) groups is 1. The van der Waals surface area contributed by atoms with Crippen molar-refractivity contribution in [2.45, 2.75) is 26.9 Å². The minimum Gasteiger partial charge on any atom is -0.474 e. The van der Waals surface area contributed by atoms with Crippen LogP contribution < -0.4 is 5.73 Å². The van der Waals surface area contributed by atoms with E-state index in [-0.39, 0.29) is 11.5 Å². The highest BCUT2D eigenvalue weighted by Crippen LogP contribution is 2.25. The Morgan fingerprint density at radius 1 is 1.64 bits per heavy atom. The van der Waals surface area contributed by atoms with Gasteiger partial charge in [0.2, 0.25) is 0 Å². The van der Waals surface area contributed by atoms with E-state index >= 15 is 0 Å². The molecule has 0 aromatic rings. The summed E-state index contributed by atoms with van der Waals surface area (Å²) >= 11 is 0. The van der Waals surface area contributed by atoms with Gasteiger partial charge in [-0.2, -0.15) is 0 Å². The van der Waals surface area contributed by atoms with E-state index in [0.29, 0.717) is 12.4 Å². The molecule has 0 spiro atoms. The Kier molecular flexibility index (Phi) is 2.18. The lowest BCUT2D eigenvalue weighted by atomic mass is 9.89. The third kappa shape index (κ3) is 1.93. The van der Waals surface area contributed by atoms with Gasteiger partial charge < -0.3 is 10.5 Å². The summed E-state index contributed by atoms with van der Waals surface area (Å²) < 4.78 is 5.50. The first-order valence-corrected chi connectivity index (χ1v) is 3.94. The fourth-order valence-corrected chi connectivity index (χ4v) is 0.987. The molecule has 0 saturated heterocycles. The van der Waals surface area contributed by atoms with Crippen LogP contribution in [0, 0.1) is 5.41 Å². The van der Waals surface area contributed by atoms with Crippen LogP contribution >= 0.6 is 0 Å². The van der Waals surface area contributed by atoms with Crippen LogP contribution in [-0.2, 0) is 4.74 Å². The van der Waals surface area contributed by atoms with Crippen molar-refractivity contribution in [2.24, 2.45) is 16.1 Å². The molecule has 1 atom stereocenters. The molecule has 11 heavy (non-hydrogen) atoms. The molecule has 0 amide bonds. The predicted octanol–water partition coefficient (Wildman–Crippen LogP) is 0.788. The molecule has 0 fully saturated rings. The first kappa shape index (κ1) is 8.53. The molecule has 1 aliphatic rings. The van der Waals surface area contributed by atoms with Gasteiger partial charge in [-0.15, -0.1) is 0 Å². The van der Waals surface area contributed by atoms with E-state index in [1.165, 1.54) is 0 Å². The Hall–Kier alpha value is -0.570. The monoisotopic (exact) mass is 156 g/mol. The van der Waals surface area contributed by atoms with Crippen LogP contribution in [0.3, 0.4) is 0 Å². The topological polar surface area (TPSA) is 47.6 Å². The second kappa shape index (κ2) is 2.81. The lowest BCUT2D eigenvalue weighted by Crippen LogP contribution is -2.30. The van der Waals surface area contributed by atoms with Crippen molar-refractivity contribution in [3.63, 3.8) is 0 Å². The molecule has 2 N–H and O–H groups in total. The van der Waals surface area contributed by atoms with E-state index in [2.05, 4.69) is 25.8 Å². The molecule has 3 heteroatoms. The molecule has 3 nitrogen and oxygen atoms in total. The number of hydrogen-bond acceptors (Lipinski definition) is 3. The van der Waals surface area contributed by atoms with Crippen molar-refractivity contribution in [3.05, 3.63) is 0 Å². The SMILES string of the molecule is CC(C)(C)C1CN=C(CN)O1. The lowest BCUT2D eigenvalue weighted by molar-refractivity contribution is 0.101. The van der Waals surface area contributed by atoms with Crippen LogP contribution in [0.5, 0.6) is 0 Å². The summed E-state index contributed by atoms with van der Waals surface area (Å²) in [5, 5.41) is 0. The summed E-state index contributed by atoms with van der Waals surface area (Å²) in [5.41, 5.74) is 5.55. The van der Waals surface area contributed by atoms with Crippen molar-refractivity contribution < 1.29 is 4.74 Å². The summed E-state index contributed by atoms with van der Waals surface area (Å²) in [7, 11) is 0. The molecule has 0 radical (unpaired) electrons. The van der Waals surface area contributed by atoms with Gasteiger partial charge >= 0.3 is 0 Å². The molecule has 1 aliphatic heterocycles. The maximum absolute atomic E-state index is 5.50. The molecule has 64 valence electrons. The van der Waals surface area contributed by atoms with Crippen LogP contribution in [0.25, 0.3) is 0 Å². The highest BCUT2D eigenvalue weighted by molar-refractivity contribution is 5.79. The van der Waals surface area contributed by atoms with Gasteiger partial charge in [-0.25, -0.2) is 0 Å². The van der Waals surface area contributed by atoms with E-state index in [1.807, 2.05) is 0 Å². The highest BCUT2D eigenvalue weighted by atomic mass is 16.5. The van der Waals surface area contributed by atoms with Crippen molar-refractivity contribution in [2.75, 3.05) is 13.1 Å². The molecule has 0 bridgehead atoms. The maximum atomic E-state index is 5.50. The summed E-state index contributed by atoms with van der Waals surface area (Å²) in [4.78, 5) is 4.17. The Morgan fingerprint density at radius 3 is 2.55 bits per heavy atom. The molecule has 1 unspecified atom stereocenters. The van der Waals surface area contributed by atoms with Gasteiger partial charge in [0.05, 0.1) is 13.1 Å². The average molecular weight is 156 g/mol. The third-order valence-corrected chi connectivity index (χ3v) is 1.85. The average Bonchev–Trinajstić information content (AvgIpc) is 2.32. The first-order valence-electron chi connectivity index (χ1n) is 3.94. The van der Waals surface area contributed by atoms with Crippen LogP contribution in [0.1, 0.15) is 20.8 Å². The summed E-state index contributed by atoms with van der Waals surface area (Å²) in [5.74, 6) is 0.699. The van der Waals surface area contributed by atoms with Gasteiger partial charge in [-0.1, -0.05) is 20.8 Å². The van der Waals surface area contributed by atoms with Crippen LogP contribution in [0.2, 0.25) is 0 Å². The molecule has 0 aromatic heterocycles. The molecule has 1 heterocycles. The minimum atomic E-state index is 0.167. The number of rotatable bonds is 1. The molecule has 1 rings (SSSR count). The van der Waals surface area contributed by atoms with Gasteiger partial charge in [0.1, 0.15) is 6.10 Å². The molecular weight excluding hydrogens is 140 g/mol. The van der Waals surface area contributed by atoms with Gasteiger partial charge in [0.25, 0.3) is 0 Å². The van der Waals surface area contributed by atoms with E-state index in [1.54, 1.807) is 0 Å². The zero-order valence-corrected chi connectivity index (χ0v) is 7.42. The summed E-state index contributed by atoms with van der Waals surface area (Å²) in [6.07, 6.45) is 0.209. The Bertz CT molecular complexity index is 169. The zero-order valence-electron chi connectivity index (χ0n) is 7.42. The summed E-state index contributed by atoms with van der Waals surface area (Å²) in [6.45, 7) is 7.62. The molecule has 0 saturated carbocycles. The molecule has 0 aliphatic carbocycles. The van der Waals surface area contributed by atoms with Gasteiger partial charge in [0.15, 0.2) is 5.90 Å². The zero-order chi connectivity index (χ0) is 8.48. The lowest BCUT2D eigenvalue weighted by Gasteiger charge is -2.25. The molecular formula is C8H16N2O. The normalized spacial score (nSPS) is 24.7. The Morgan fingerprint density at radius 2 is 2.27 bits per heavy atom. The largest absolute Gasteiger partial charge is 0.474 e. The standard InChI is InChI=1S/C8H16N2O/c1-8(2,3)6-5-10-7(4-9)11-6/h6H,4-5,9H2,1-3H3. The van der Waals surface area contributed by atoms with Crippen molar-refractivity contribution in [1.29, 1.82) is 0 Å². The number of nitrogens with zero attached hydrogens (tertiary/aromatic N) is 1. The number of ether oxygens (including phenoxy) is 1. The van der Waals surface area contributed by atoms with Crippen molar-refractivity contribution in [1.82, 2.24) is 0 Å². The molecule has 0 aromatic carbocycles. The van der Waals surface area contributed by atoms with E-state index in [4.69, 9.17) is 10.5 Å². The number of nitrogens with two attached hydrogens (primary N) is 1. The van der Waals surface area contributed by atoms with Crippen LogP contribution in [0.15, 0.2) is 4.99 Å². The van der Waals surface area contributed by atoms with E-state index in [0.717, 1.165) is 6.54 Å². The second-order valence-corrected chi connectivity index (χ2v) is 3.91. The highest BCUT2D eigenvalue weighted by Gasteiger charge is 2.30. The first-order chi connectivity index (χ1) is 5.04. The van der Waals surface area contributed by atoms with E-state index < -0.39 is 0 Å². The summed E-state index contributed by atoms with van der Waals surface area (Å²) in [6, 6.07) is 0. The van der Waals surface area contributed by atoms with E-state index in [9.17, 15) is 0 Å². The third-order valence-electron chi connectivity index (χ3n) is 1.85. The Labute approximate surface area is 67.6 Å². The van der Waals surface area contributed by atoms with Crippen LogP contribution in [0.4, 0.5) is 0 Å². The smallest absolute Gasteiger partial charge is 0.197 e. The van der Waals surface area contributed by atoms with Gasteiger partial charge in [0, 0.05) is 5.41 Å². The quantitative estimate of drug-likeness (QED) is 0.610. The predicted molar refractivity (Wildman–Crippen MR) is 45.7 cm³/mol. The number of hydrogen-bond donors (Lipinski definition) is 1. The minimum absolute atomic E-state index is 0.167. The second-order valence-electron chi connectivity index (χ2n) is 3.91. The van der Waals surface area contributed by atoms with Crippen molar-refractivity contribution >= 4 is 5.90 Å². The van der Waals surface area contributed by atoms with Gasteiger partial charge in [-0.3, -0.25) is 4.99 Å². The Balaban J connectivity index is 2.48.